The first-order valence-electron chi connectivity index (χ1n) is 7.99. The van der Waals surface area contributed by atoms with Crippen molar-refractivity contribution in [2.45, 2.75) is 6.92 Å². The number of ether oxygens (including phenoxy) is 1. The summed E-state index contributed by atoms with van der Waals surface area (Å²) in [4.78, 5) is 25.0. The van der Waals surface area contributed by atoms with E-state index in [4.69, 9.17) is 16.3 Å². The monoisotopic (exact) mass is 388 g/mol. The Morgan fingerprint density at radius 2 is 1.96 bits per heavy atom. The molecule has 3 aromatic rings. The van der Waals surface area contributed by atoms with E-state index >= 15 is 0 Å². The number of anilines is 1. The molecular formula is C19H17ClN2O3S. The van der Waals surface area contributed by atoms with Crippen LogP contribution in [0.5, 0.6) is 5.75 Å². The van der Waals surface area contributed by atoms with Gasteiger partial charge in [-0.25, -0.2) is 0 Å². The Bertz CT molecular complexity index is 984. The van der Waals surface area contributed by atoms with Gasteiger partial charge in [0, 0.05) is 27.9 Å². The third-order valence-corrected chi connectivity index (χ3v) is 5.42. The molecule has 26 heavy (non-hydrogen) atoms. The lowest BCUT2D eigenvalue weighted by molar-refractivity contribution is 0.0954. The van der Waals surface area contributed by atoms with Crippen molar-refractivity contribution in [3.63, 3.8) is 0 Å². The molecule has 0 fully saturated rings. The number of nitrogens with one attached hydrogen (secondary N) is 2. The van der Waals surface area contributed by atoms with Gasteiger partial charge in [-0.1, -0.05) is 17.7 Å². The zero-order valence-electron chi connectivity index (χ0n) is 14.3. The molecule has 0 radical (unpaired) electrons. The lowest BCUT2D eigenvalue weighted by Crippen LogP contribution is -2.22. The number of hydrogen-bond donors (Lipinski definition) is 2. The van der Waals surface area contributed by atoms with E-state index < -0.39 is 0 Å². The second-order valence-corrected chi connectivity index (χ2v) is 6.93. The number of fused-ring (bicyclic) bond motifs is 1. The van der Waals surface area contributed by atoms with E-state index in [1.165, 1.54) is 11.3 Å². The molecule has 5 nitrogen and oxygen atoms in total. The third-order valence-electron chi connectivity index (χ3n) is 3.76. The van der Waals surface area contributed by atoms with Gasteiger partial charge in [0.05, 0.1) is 12.1 Å². The average Bonchev–Trinajstić information content (AvgIpc) is 2.98. The second-order valence-electron chi connectivity index (χ2n) is 5.50. The van der Waals surface area contributed by atoms with Crippen LogP contribution >= 0.6 is 22.9 Å². The van der Waals surface area contributed by atoms with E-state index in [0.717, 1.165) is 10.1 Å². The number of carbonyl (C=O) groups is 2. The molecule has 0 atom stereocenters. The van der Waals surface area contributed by atoms with Crippen molar-refractivity contribution in [2.75, 3.05) is 19.0 Å². The third kappa shape index (κ3) is 3.66. The number of rotatable bonds is 5. The SMILES string of the molecule is CCNC(=O)c1cccc(NC(=O)c2sc3cc(OC)ccc3c2Cl)c1. The van der Waals surface area contributed by atoms with Crippen molar-refractivity contribution >= 4 is 50.5 Å². The van der Waals surface area contributed by atoms with Crippen molar-refractivity contribution in [1.29, 1.82) is 0 Å². The summed E-state index contributed by atoms with van der Waals surface area (Å²) in [5, 5.41) is 6.74. The maximum Gasteiger partial charge on any atom is 0.267 e. The molecule has 0 aliphatic carbocycles. The van der Waals surface area contributed by atoms with Gasteiger partial charge < -0.3 is 15.4 Å². The molecule has 0 saturated carbocycles. The molecule has 0 aliphatic rings. The first kappa shape index (κ1) is 18.2. The molecular weight excluding hydrogens is 372 g/mol. The Morgan fingerprint density at radius 1 is 1.15 bits per heavy atom. The lowest BCUT2D eigenvalue weighted by atomic mass is 10.2. The Balaban J connectivity index is 1.86. The van der Waals surface area contributed by atoms with Gasteiger partial charge in [0.2, 0.25) is 0 Å². The number of halogens is 1. The molecule has 0 unspecified atom stereocenters. The molecule has 1 aromatic heterocycles. The van der Waals surface area contributed by atoms with E-state index in [-0.39, 0.29) is 11.8 Å². The summed E-state index contributed by atoms with van der Waals surface area (Å²) in [7, 11) is 1.59. The number of thiophene rings is 1. The van der Waals surface area contributed by atoms with Crippen LogP contribution in [-0.2, 0) is 0 Å². The van der Waals surface area contributed by atoms with Crippen LogP contribution in [0.4, 0.5) is 5.69 Å². The fourth-order valence-electron chi connectivity index (χ4n) is 2.51. The molecule has 0 spiro atoms. The van der Waals surface area contributed by atoms with Gasteiger partial charge in [-0.05, 0) is 43.3 Å². The van der Waals surface area contributed by atoms with Crippen LogP contribution in [0, 0.1) is 0 Å². The van der Waals surface area contributed by atoms with Crippen LogP contribution in [0.15, 0.2) is 42.5 Å². The van der Waals surface area contributed by atoms with Crippen LogP contribution in [0.3, 0.4) is 0 Å². The molecule has 2 aromatic carbocycles. The topological polar surface area (TPSA) is 67.4 Å². The van der Waals surface area contributed by atoms with Crippen LogP contribution in [0.1, 0.15) is 27.0 Å². The zero-order chi connectivity index (χ0) is 18.7. The Morgan fingerprint density at radius 3 is 2.69 bits per heavy atom. The van der Waals surface area contributed by atoms with Crippen LogP contribution < -0.4 is 15.4 Å². The predicted octanol–water partition coefficient (Wildman–Crippen LogP) is 4.57. The number of hydrogen-bond acceptors (Lipinski definition) is 4. The molecule has 7 heteroatoms. The van der Waals surface area contributed by atoms with E-state index in [9.17, 15) is 9.59 Å². The first-order chi connectivity index (χ1) is 12.5. The maximum atomic E-state index is 12.6. The molecule has 0 aliphatic heterocycles. The van der Waals surface area contributed by atoms with E-state index in [2.05, 4.69) is 10.6 Å². The number of benzene rings is 2. The number of amides is 2. The molecule has 2 amide bonds. The molecule has 1 heterocycles. The highest BCUT2D eigenvalue weighted by atomic mass is 35.5. The van der Waals surface area contributed by atoms with Crippen molar-refractivity contribution in [2.24, 2.45) is 0 Å². The van der Waals surface area contributed by atoms with Gasteiger partial charge in [-0.15, -0.1) is 11.3 Å². The van der Waals surface area contributed by atoms with Crippen molar-refractivity contribution in [1.82, 2.24) is 5.32 Å². The number of methoxy groups -OCH3 is 1. The van der Waals surface area contributed by atoms with Gasteiger partial charge in [0.25, 0.3) is 11.8 Å². The number of carbonyl (C=O) groups excluding carboxylic acids is 2. The molecule has 0 bridgehead atoms. The fraction of sp³-hybridized carbons (Fsp3) is 0.158. The normalized spacial score (nSPS) is 10.6. The van der Waals surface area contributed by atoms with Crippen molar-refractivity contribution < 1.29 is 14.3 Å². The summed E-state index contributed by atoms with van der Waals surface area (Å²) in [6.07, 6.45) is 0. The zero-order valence-corrected chi connectivity index (χ0v) is 15.8. The van der Waals surface area contributed by atoms with Crippen LogP contribution in [0.25, 0.3) is 10.1 Å². The van der Waals surface area contributed by atoms with Gasteiger partial charge in [0.1, 0.15) is 10.6 Å². The van der Waals surface area contributed by atoms with Gasteiger partial charge >= 0.3 is 0 Å². The predicted molar refractivity (Wildman–Crippen MR) is 106 cm³/mol. The van der Waals surface area contributed by atoms with E-state index in [1.807, 2.05) is 19.1 Å². The molecule has 0 saturated heterocycles. The largest absolute Gasteiger partial charge is 0.497 e. The van der Waals surface area contributed by atoms with E-state index in [0.29, 0.717) is 33.4 Å². The highest BCUT2D eigenvalue weighted by Gasteiger charge is 2.18. The van der Waals surface area contributed by atoms with Gasteiger partial charge in [-0.3, -0.25) is 9.59 Å². The molecule has 3 rings (SSSR count). The lowest BCUT2D eigenvalue weighted by Gasteiger charge is -2.07. The summed E-state index contributed by atoms with van der Waals surface area (Å²) >= 11 is 7.68. The maximum absolute atomic E-state index is 12.6. The van der Waals surface area contributed by atoms with Gasteiger partial charge in [0.15, 0.2) is 0 Å². The second kappa shape index (κ2) is 7.76. The molecule has 2 N–H and O–H groups in total. The summed E-state index contributed by atoms with van der Waals surface area (Å²) in [6, 6.07) is 12.3. The molecule has 134 valence electrons. The minimum atomic E-state index is -0.316. The Labute approximate surface area is 159 Å². The quantitative estimate of drug-likeness (QED) is 0.673. The van der Waals surface area contributed by atoms with Crippen LogP contribution in [-0.4, -0.2) is 25.5 Å². The summed E-state index contributed by atoms with van der Waals surface area (Å²) in [5.41, 5.74) is 1.02. The summed E-state index contributed by atoms with van der Waals surface area (Å²) in [6.45, 7) is 2.39. The minimum Gasteiger partial charge on any atom is -0.497 e. The smallest absolute Gasteiger partial charge is 0.267 e. The minimum absolute atomic E-state index is 0.185. The van der Waals surface area contributed by atoms with Crippen LogP contribution in [0.2, 0.25) is 5.02 Å². The Hall–Kier alpha value is -2.57. The van der Waals surface area contributed by atoms with Crippen molar-refractivity contribution in [3.8, 4) is 5.75 Å². The van der Waals surface area contributed by atoms with Gasteiger partial charge in [-0.2, -0.15) is 0 Å². The highest BCUT2D eigenvalue weighted by Crippen LogP contribution is 2.37. The first-order valence-corrected chi connectivity index (χ1v) is 9.18. The highest BCUT2D eigenvalue weighted by molar-refractivity contribution is 7.21. The van der Waals surface area contributed by atoms with Crippen molar-refractivity contribution in [3.05, 3.63) is 57.9 Å². The van der Waals surface area contributed by atoms with E-state index in [1.54, 1.807) is 37.4 Å². The summed E-state index contributed by atoms with van der Waals surface area (Å²) in [5.74, 6) is 0.204. The fourth-order valence-corrected chi connectivity index (χ4v) is 3.95. The Kier molecular flexibility index (Phi) is 5.44. The standard InChI is InChI=1S/C19H17ClN2O3S/c1-3-21-18(23)11-5-4-6-12(9-11)22-19(24)17-16(20)14-8-7-13(25-2)10-15(14)26-17/h4-10H,3H2,1-2H3,(H,21,23)(H,22,24). The average molecular weight is 389 g/mol. The summed E-state index contributed by atoms with van der Waals surface area (Å²) < 4.78 is 6.08.